The third-order valence-corrected chi connectivity index (χ3v) is 5.19. The molecule has 0 saturated carbocycles. The summed E-state index contributed by atoms with van der Waals surface area (Å²) in [7, 11) is 0. The van der Waals surface area contributed by atoms with E-state index in [2.05, 4.69) is 24.9 Å². The van der Waals surface area contributed by atoms with E-state index in [4.69, 9.17) is 10.3 Å². The number of para-hydroxylation sites is 1. The number of fused-ring (bicyclic) bond motifs is 3. The fourth-order valence-corrected chi connectivity index (χ4v) is 3.97. The lowest BCUT2D eigenvalue weighted by molar-refractivity contribution is 0.0998. The number of aromatic nitrogens is 3. The maximum absolute atomic E-state index is 12.0. The molecule has 2 bridgehead atoms. The Balaban J connectivity index is 1.41. The van der Waals surface area contributed by atoms with Gasteiger partial charge in [0, 0.05) is 19.3 Å². The molecule has 0 aliphatic carbocycles. The van der Waals surface area contributed by atoms with E-state index in [1.807, 2.05) is 24.3 Å². The number of amides is 1. The molecule has 0 unspecified atom stereocenters. The van der Waals surface area contributed by atoms with Crippen molar-refractivity contribution in [3.63, 3.8) is 0 Å². The first kappa shape index (κ1) is 14.9. The summed E-state index contributed by atoms with van der Waals surface area (Å²) in [6, 6.07) is 8.27. The fraction of sp³-hybridized carbons (Fsp3) is 0.294. The normalized spacial score (nSPS) is 21.7. The van der Waals surface area contributed by atoms with Gasteiger partial charge in [-0.3, -0.25) is 14.6 Å². The van der Waals surface area contributed by atoms with Crippen LogP contribution in [-0.2, 0) is 0 Å². The van der Waals surface area contributed by atoms with E-state index in [9.17, 15) is 9.59 Å². The summed E-state index contributed by atoms with van der Waals surface area (Å²) in [6.45, 7) is 1.48. The second kappa shape index (κ2) is 5.32. The van der Waals surface area contributed by atoms with Gasteiger partial charge in [-0.1, -0.05) is 17.3 Å². The molecule has 1 aromatic carbocycles. The molecule has 3 aromatic rings. The van der Waals surface area contributed by atoms with Crippen LogP contribution in [0.15, 0.2) is 39.8 Å². The number of piperazine rings is 1. The number of nitrogens with zero attached hydrogens (tertiary/aromatic N) is 4. The second-order valence-electron chi connectivity index (χ2n) is 6.66. The summed E-state index contributed by atoms with van der Waals surface area (Å²) >= 11 is 0. The lowest BCUT2D eigenvalue weighted by Crippen LogP contribution is -2.47. The molecule has 2 aliphatic heterocycles. The van der Waals surface area contributed by atoms with E-state index in [-0.39, 0.29) is 17.6 Å². The van der Waals surface area contributed by atoms with Crippen molar-refractivity contribution >= 4 is 28.6 Å². The third kappa shape index (κ3) is 2.10. The maximum Gasteiger partial charge on any atom is 0.265 e. The predicted octanol–water partition coefficient (Wildman–Crippen LogP) is 0.477. The van der Waals surface area contributed by atoms with Crippen LogP contribution in [-0.4, -0.2) is 46.2 Å². The number of anilines is 2. The molecule has 4 heterocycles. The second-order valence-corrected chi connectivity index (χ2v) is 6.66. The molecule has 0 radical (unpaired) electrons. The van der Waals surface area contributed by atoms with Crippen LogP contribution in [0, 0.1) is 0 Å². The van der Waals surface area contributed by atoms with Crippen LogP contribution < -0.4 is 21.1 Å². The Morgan fingerprint density at radius 1 is 1.23 bits per heavy atom. The number of H-pyrrole nitrogens is 1. The average Bonchev–Trinajstić information content (AvgIpc) is 3.34. The number of primary amides is 1. The SMILES string of the molecule is NC(=O)c1cnc(N2C[C@@H]3C[C@H]2CN3c2noc3ccccc23)[nH]c1=O. The highest BCUT2D eigenvalue weighted by Crippen LogP contribution is 2.38. The molecule has 2 atom stereocenters. The molecule has 5 rings (SSSR count). The van der Waals surface area contributed by atoms with Crippen molar-refractivity contribution in [3.05, 3.63) is 46.4 Å². The van der Waals surface area contributed by atoms with Gasteiger partial charge >= 0.3 is 0 Å². The van der Waals surface area contributed by atoms with Crippen LogP contribution in [0.5, 0.6) is 0 Å². The molecule has 2 aromatic heterocycles. The zero-order valence-electron chi connectivity index (χ0n) is 13.8. The minimum atomic E-state index is -0.780. The van der Waals surface area contributed by atoms with Gasteiger partial charge in [-0.15, -0.1) is 0 Å². The Morgan fingerprint density at radius 2 is 2.00 bits per heavy atom. The number of hydrogen-bond acceptors (Lipinski definition) is 7. The number of nitrogens with two attached hydrogens (primary N) is 1. The zero-order chi connectivity index (χ0) is 17.8. The molecule has 132 valence electrons. The van der Waals surface area contributed by atoms with Gasteiger partial charge in [0.1, 0.15) is 5.56 Å². The third-order valence-electron chi connectivity index (χ3n) is 5.19. The van der Waals surface area contributed by atoms with E-state index in [1.54, 1.807) is 0 Å². The Morgan fingerprint density at radius 3 is 2.73 bits per heavy atom. The molecule has 1 amide bonds. The van der Waals surface area contributed by atoms with Gasteiger partial charge in [-0.2, -0.15) is 0 Å². The quantitative estimate of drug-likeness (QED) is 0.703. The first-order chi connectivity index (χ1) is 12.6. The van der Waals surface area contributed by atoms with Crippen LogP contribution in [0.25, 0.3) is 11.0 Å². The standard InChI is InChI=1S/C17H16N6O3/c18-14(24)12-6-19-17(20-16(12)25)23-8-9-5-10(23)7-22(9)15-11-3-1-2-4-13(11)26-21-15/h1-4,6,9-10H,5,7-8H2,(H2,18,24)(H,19,20,25)/t9-,10-/m0/s1. The summed E-state index contributed by atoms with van der Waals surface area (Å²) in [6.07, 6.45) is 2.19. The minimum absolute atomic E-state index is 0.131. The van der Waals surface area contributed by atoms with Crippen LogP contribution in [0.2, 0.25) is 0 Å². The van der Waals surface area contributed by atoms with E-state index in [1.165, 1.54) is 6.20 Å². The predicted molar refractivity (Wildman–Crippen MR) is 94.3 cm³/mol. The van der Waals surface area contributed by atoms with Gasteiger partial charge in [0.05, 0.1) is 17.5 Å². The molecule has 26 heavy (non-hydrogen) atoms. The number of aromatic amines is 1. The summed E-state index contributed by atoms with van der Waals surface area (Å²) in [4.78, 5) is 34.4. The molecule has 3 N–H and O–H groups in total. The van der Waals surface area contributed by atoms with Crippen molar-refractivity contribution in [2.24, 2.45) is 5.73 Å². The Hall–Kier alpha value is -3.36. The lowest BCUT2D eigenvalue weighted by Gasteiger charge is -2.34. The molecule has 0 spiro atoms. The zero-order valence-corrected chi connectivity index (χ0v) is 13.8. The first-order valence-corrected chi connectivity index (χ1v) is 8.38. The van der Waals surface area contributed by atoms with Gasteiger partial charge in [-0.05, 0) is 18.6 Å². The van der Waals surface area contributed by atoms with E-state index >= 15 is 0 Å². The number of rotatable bonds is 3. The maximum atomic E-state index is 12.0. The highest BCUT2D eigenvalue weighted by atomic mass is 16.5. The molecule has 2 aliphatic rings. The molecule has 2 fully saturated rings. The van der Waals surface area contributed by atoms with Gasteiger partial charge in [0.15, 0.2) is 11.4 Å². The summed E-state index contributed by atoms with van der Waals surface area (Å²) in [5, 5.41) is 5.25. The molecule has 9 nitrogen and oxygen atoms in total. The van der Waals surface area contributed by atoms with Gasteiger partial charge in [-0.25, -0.2) is 4.98 Å². The fourth-order valence-electron chi connectivity index (χ4n) is 3.97. The number of carbonyl (C=O) groups is 1. The highest BCUT2D eigenvalue weighted by molar-refractivity contribution is 5.92. The van der Waals surface area contributed by atoms with Crippen molar-refractivity contribution in [2.75, 3.05) is 22.9 Å². The molecule has 9 heteroatoms. The molecule has 2 saturated heterocycles. The monoisotopic (exact) mass is 352 g/mol. The molecular formula is C17H16N6O3. The van der Waals surface area contributed by atoms with Crippen molar-refractivity contribution in [1.82, 2.24) is 15.1 Å². The highest BCUT2D eigenvalue weighted by Gasteiger charge is 2.45. The number of benzene rings is 1. The number of carbonyl (C=O) groups excluding carboxylic acids is 1. The average molecular weight is 352 g/mol. The van der Waals surface area contributed by atoms with Crippen LogP contribution in [0.3, 0.4) is 0 Å². The largest absolute Gasteiger partial charge is 0.365 e. The van der Waals surface area contributed by atoms with Gasteiger partial charge in [0.25, 0.3) is 11.5 Å². The first-order valence-electron chi connectivity index (χ1n) is 8.38. The van der Waals surface area contributed by atoms with Crippen LogP contribution in [0.4, 0.5) is 11.8 Å². The number of nitrogens with one attached hydrogen (secondary N) is 1. The van der Waals surface area contributed by atoms with E-state index in [0.717, 1.165) is 29.8 Å². The van der Waals surface area contributed by atoms with Crippen molar-refractivity contribution < 1.29 is 9.32 Å². The lowest BCUT2D eigenvalue weighted by atomic mass is 10.2. The van der Waals surface area contributed by atoms with Crippen molar-refractivity contribution in [2.45, 2.75) is 18.5 Å². The van der Waals surface area contributed by atoms with Crippen LogP contribution >= 0.6 is 0 Å². The van der Waals surface area contributed by atoms with Crippen molar-refractivity contribution in [3.8, 4) is 0 Å². The van der Waals surface area contributed by atoms with E-state index in [0.29, 0.717) is 12.5 Å². The summed E-state index contributed by atoms with van der Waals surface area (Å²) < 4.78 is 5.42. The van der Waals surface area contributed by atoms with E-state index < -0.39 is 11.5 Å². The minimum Gasteiger partial charge on any atom is -0.365 e. The van der Waals surface area contributed by atoms with Gasteiger partial charge < -0.3 is 20.1 Å². The summed E-state index contributed by atoms with van der Waals surface area (Å²) in [5.74, 6) is 0.549. The topological polar surface area (TPSA) is 121 Å². The Kier molecular flexibility index (Phi) is 3.05. The van der Waals surface area contributed by atoms with Gasteiger partial charge in [0.2, 0.25) is 5.95 Å². The Bertz CT molecular complexity index is 1070. The van der Waals surface area contributed by atoms with Crippen molar-refractivity contribution in [1.29, 1.82) is 0 Å². The molecular weight excluding hydrogens is 336 g/mol. The number of hydrogen-bond donors (Lipinski definition) is 2. The van der Waals surface area contributed by atoms with Crippen LogP contribution in [0.1, 0.15) is 16.8 Å². The summed E-state index contributed by atoms with van der Waals surface area (Å²) in [5.41, 5.74) is 5.29. The Labute approximate surface area is 147 Å². The smallest absolute Gasteiger partial charge is 0.265 e.